The summed E-state index contributed by atoms with van der Waals surface area (Å²) in [4.78, 5) is 13.0. The number of rotatable bonds is 6. The molecule has 33 heavy (non-hydrogen) atoms. The molecule has 3 N–H and O–H groups in total. The van der Waals surface area contributed by atoms with E-state index in [0.29, 0.717) is 12.8 Å². The summed E-state index contributed by atoms with van der Waals surface area (Å²) in [6.45, 7) is 4.96. The van der Waals surface area contributed by atoms with Gasteiger partial charge in [-0.2, -0.15) is 0 Å². The molecule has 2 saturated heterocycles. The number of aliphatic hydroxyl groups excluding tert-OH is 1. The molecule has 2 aliphatic heterocycles. The Morgan fingerprint density at radius 2 is 1.73 bits per heavy atom. The zero-order valence-electron chi connectivity index (χ0n) is 19.6. The van der Waals surface area contributed by atoms with E-state index in [9.17, 15) is 9.90 Å². The number of hydrogen-bond acceptors (Lipinski definition) is 5. The number of carbonyl (C=O) groups is 1. The van der Waals surface area contributed by atoms with Crippen LogP contribution in [0, 0.1) is 11.8 Å². The van der Waals surface area contributed by atoms with Crippen molar-refractivity contribution in [2.24, 2.45) is 11.8 Å². The fourth-order valence-corrected chi connectivity index (χ4v) is 6.32. The molecule has 176 valence electrons. The normalized spacial score (nSPS) is 35.1. The summed E-state index contributed by atoms with van der Waals surface area (Å²) in [5.41, 5.74) is 2.07. The molecule has 0 aromatic heterocycles. The molecule has 3 aliphatic rings. The summed E-state index contributed by atoms with van der Waals surface area (Å²) in [6, 6.07) is 20.8. The van der Waals surface area contributed by atoms with Gasteiger partial charge in [-0.15, -0.1) is 0 Å². The van der Waals surface area contributed by atoms with Crippen molar-refractivity contribution in [2.75, 3.05) is 6.54 Å². The number of hydrogen-bond donors (Lipinski definition) is 3. The van der Waals surface area contributed by atoms with Gasteiger partial charge in [-0.3, -0.25) is 4.79 Å². The molecule has 7 unspecified atom stereocenters. The van der Waals surface area contributed by atoms with E-state index in [2.05, 4.69) is 60.9 Å². The molecule has 2 aromatic rings. The first-order valence-corrected chi connectivity index (χ1v) is 12.4. The van der Waals surface area contributed by atoms with Crippen molar-refractivity contribution in [3.05, 3.63) is 71.8 Å². The molecule has 0 amide bonds. The highest BCUT2D eigenvalue weighted by Crippen LogP contribution is 2.45. The summed E-state index contributed by atoms with van der Waals surface area (Å²) in [5.74, 6) is 0.440. The number of ketones is 1. The van der Waals surface area contributed by atoms with Crippen LogP contribution in [0.25, 0.3) is 0 Å². The van der Waals surface area contributed by atoms with Crippen LogP contribution in [0.2, 0.25) is 0 Å². The highest BCUT2D eigenvalue weighted by Gasteiger charge is 2.58. The van der Waals surface area contributed by atoms with E-state index in [4.69, 9.17) is 4.74 Å². The molecule has 0 radical (unpaired) electrons. The Bertz CT molecular complexity index is 948. The minimum atomic E-state index is -0.466. The van der Waals surface area contributed by atoms with Crippen LogP contribution in [-0.2, 0) is 22.4 Å². The highest BCUT2D eigenvalue weighted by molar-refractivity contribution is 5.84. The van der Waals surface area contributed by atoms with Gasteiger partial charge in [0.1, 0.15) is 6.10 Å². The molecule has 5 heteroatoms. The Morgan fingerprint density at radius 1 is 1.06 bits per heavy atom. The lowest BCUT2D eigenvalue weighted by atomic mass is 9.68. The minimum Gasteiger partial charge on any atom is -0.391 e. The summed E-state index contributed by atoms with van der Waals surface area (Å²) in [6.07, 6.45) is 2.01. The Labute approximate surface area is 196 Å². The van der Waals surface area contributed by atoms with E-state index in [-0.39, 0.29) is 41.3 Å². The monoisotopic (exact) mass is 448 g/mol. The lowest BCUT2D eigenvalue weighted by Crippen LogP contribution is -2.63. The van der Waals surface area contributed by atoms with Gasteiger partial charge in [0.15, 0.2) is 5.78 Å². The largest absolute Gasteiger partial charge is 0.391 e. The third-order valence-corrected chi connectivity index (χ3v) is 7.96. The highest BCUT2D eigenvalue weighted by atomic mass is 16.5. The van der Waals surface area contributed by atoms with E-state index < -0.39 is 12.2 Å². The smallest absolute Gasteiger partial charge is 0.162 e. The number of benzene rings is 2. The molecule has 2 heterocycles. The van der Waals surface area contributed by atoms with Crippen LogP contribution in [0.5, 0.6) is 0 Å². The molecule has 1 aliphatic carbocycles. The topological polar surface area (TPSA) is 70.6 Å². The maximum atomic E-state index is 13.0. The van der Waals surface area contributed by atoms with Crippen molar-refractivity contribution >= 4 is 5.78 Å². The molecule has 1 saturated carbocycles. The SMILES string of the molecule is CC1(C)NC2CC3CC(=O)C(Cc4ccccc4)OC3C(NCCc3ccccc3)C2C1O. The number of aliphatic hydroxyl groups is 1. The molecule has 3 fully saturated rings. The van der Waals surface area contributed by atoms with Gasteiger partial charge in [-0.1, -0.05) is 60.7 Å². The fourth-order valence-electron chi connectivity index (χ4n) is 6.32. The average molecular weight is 449 g/mol. The minimum absolute atomic E-state index is 0.00751. The summed E-state index contributed by atoms with van der Waals surface area (Å²) >= 11 is 0. The van der Waals surface area contributed by atoms with Crippen molar-refractivity contribution in [1.82, 2.24) is 10.6 Å². The predicted molar refractivity (Wildman–Crippen MR) is 129 cm³/mol. The van der Waals surface area contributed by atoms with Gasteiger partial charge in [0, 0.05) is 36.4 Å². The van der Waals surface area contributed by atoms with Gasteiger partial charge in [0.25, 0.3) is 0 Å². The van der Waals surface area contributed by atoms with E-state index in [1.807, 2.05) is 24.3 Å². The predicted octanol–water partition coefficient (Wildman–Crippen LogP) is 2.90. The van der Waals surface area contributed by atoms with Crippen LogP contribution in [0.4, 0.5) is 0 Å². The Kier molecular flexibility index (Phi) is 6.41. The van der Waals surface area contributed by atoms with Gasteiger partial charge in [-0.25, -0.2) is 0 Å². The van der Waals surface area contributed by atoms with Crippen LogP contribution < -0.4 is 10.6 Å². The van der Waals surface area contributed by atoms with Crippen LogP contribution in [0.15, 0.2) is 60.7 Å². The van der Waals surface area contributed by atoms with E-state index in [1.165, 1.54) is 5.56 Å². The van der Waals surface area contributed by atoms with E-state index >= 15 is 0 Å². The van der Waals surface area contributed by atoms with E-state index in [1.54, 1.807) is 0 Å². The maximum absolute atomic E-state index is 13.0. The van der Waals surface area contributed by atoms with Crippen molar-refractivity contribution in [2.45, 2.75) is 75.5 Å². The average Bonchev–Trinajstić information content (AvgIpc) is 3.03. The van der Waals surface area contributed by atoms with Gasteiger partial charge in [0.05, 0.1) is 12.2 Å². The van der Waals surface area contributed by atoms with Gasteiger partial charge in [0.2, 0.25) is 0 Å². The van der Waals surface area contributed by atoms with Gasteiger partial charge in [-0.05, 0) is 50.3 Å². The molecule has 0 spiro atoms. The van der Waals surface area contributed by atoms with Crippen LogP contribution in [0.1, 0.15) is 37.8 Å². The first kappa shape index (κ1) is 22.7. The number of ether oxygens (including phenoxy) is 1. The molecule has 2 aromatic carbocycles. The second-order valence-corrected chi connectivity index (χ2v) is 10.7. The van der Waals surface area contributed by atoms with Gasteiger partial charge < -0.3 is 20.5 Å². The zero-order chi connectivity index (χ0) is 23.0. The zero-order valence-corrected chi connectivity index (χ0v) is 19.6. The van der Waals surface area contributed by atoms with E-state index in [0.717, 1.165) is 24.9 Å². The van der Waals surface area contributed by atoms with Crippen LogP contribution in [-0.4, -0.2) is 53.4 Å². The fraction of sp³-hybridized carbons (Fsp3) is 0.536. The number of nitrogens with one attached hydrogen (secondary N) is 2. The van der Waals surface area contributed by atoms with Crippen molar-refractivity contribution < 1.29 is 14.6 Å². The summed E-state index contributed by atoms with van der Waals surface area (Å²) < 4.78 is 6.60. The Balaban J connectivity index is 1.36. The summed E-state index contributed by atoms with van der Waals surface area (Å²) in [7, 11) is 0. The third-order valence-electron chi connectivity index (χ3n) is 7.96. The van der Waals surface area contributed by atoms with Crippen LogP contribution in [0.3, 0.4) is 0 Å². The van der Waals surface area contributed by atoms with Crippen molar-refractivity contribution in [1.29, 1.82) is 0 Å². The molecular weight excluding hydrogens is 412 g/mol. The lowest BCUT2D eigenvalue weighted by Gasteiger charge is -2.49. The van der Waals surface area contributed by atoms with Crippen molar-refractivity contribution in [3.8, 4) is 0 Å². The van der Waals surface area contributed by atoms with Gasteiger partial charge >= 0.3 is 0 Å². The molecule has 5 rings (SSSR count). The lowest BCUT2D eigenvalue weighted by molar-refractivity contribution is -0.163. The van der Waals surface area contributed by atoms with Crippen LogP contribution >= 0.6 is 0 Å². The second kappa shape index (κ2) is 9.30. The first-order chi connectivity index (χ1) is 15.9. The standard InChI is InChI=1S/C28H36N2O3/c1-28(2)27(32)24-21(30-28)16-20-17-22(31)23(15-19-11-7-4-8-12-19)33-26(20)25(24)29-14-13-18-9-5-3-6-10-18/h3-12,20-21,23-27,29-30,32H,13-17H2,1-2H3. The second-order valence-electron chi connectivity index (χ2n) is 10.7. The molecule has 7 atom stereocenters. The number of fused-ring (bicyclic) bond motifs is 2. The Morgan fingerprint density at radius 3 is 2.42 bits per heavy atom. The molecule has 5 nitrogen and oxygen atoms in total. The third kappa shape index (κ3) is 4.65. The summed E-state index contributed by atoms with van der Waals surface area (Å²) in [5, 5.41) is 18.7. The maximum Gasteiger partial charge on any atom is 0.162 e. The first-order valence-electron chi connectivity index (χ1n) is 12.4. The molecular formula is C28H36N2O3. The number of carbonyl (C=O) groups excluding carboxylic acids is 1. The van der Waals surface area contributed by atoms with Crippen molar-refractivity contribution in [3.63, 3.8) is 0 Å². The number of Topliss-reactive ketones (excluding diaryl/α,β-unsaturated/α-hetero) is 1. The molecule has 0 bridgehead atoms. The quantitative estimate of drug-likeness (QED) is 0.634. The Hall–Kier alpha value is -2.05.